The lowest BCUT2D eigenvalue weighted by atomic mass is 10.0. The molecule has 2 amide bonds. The zero-order valence-electron chi connectivity index (χ0n) is 14.0. The van der Waals surface area contributed by atoms with Gasteiger partial charge in [0, 0.05) is 31.1 Å². The third-order valence-corrected chi connectivity index (χ3v) is 4.57. The van der Waals surface area contributed by atoms with Crippen molar-refractivity contribution in [3.8, 4) is 0 Å². The largest absolute Gasteiger partial charge is 0.353 e. The highest BCUT2D eigenvalue weighted by Crippen LogP contribution is 2.17. The number of piperidine rings is 1. The maximum absolute atomic E-state index is 12.6. The standard InChI is InChI=1S/C18H24N4O2/c1-2-3-4-17(23)21-14-7-9-22(10-8-14)18(24)13-5-6-15-16(11-13)20-12-19-15/h5-6,11-12,14H,2-4,7-10H2,1H3,(H,19,20)(H,21,23). The molecule has 2 aromatic rings. The molecule has 1 aliphatic rings. The molecule has 0 radical (unpaired) electrons. The van der Waals surface area contributed by atoms with E-state index in [1.165, 1.54) is 0 Å². The molecule has 3 rings (SSSR count). The highest BCUT2D eigenvalue weighted by Gasteiger charge is 2.24. The first-order valence-corrected chi connectivity index (χ1v) is 8.69. The Balaban J connectivity index is 1.54. The number of likely N-dealkylation sites (tertiary alicyclic amines) is 1. The topological polar surface area (TPSA) is 78.1 Å². The number of nitrogens with zero attached hydrogens (tertiary/aromatic N) is 2. The van der Waals surface area contributed by atoms with E-state index in [-0.39, 0.29) is 17.9 Å². The molecule has 1 aliphatic heterocycles. The second-order valence-electron chi connectivity index (χ2n) is 6.37. The fraction of sp³-hybridized carbons (Fsp3) is 0.500. The van der Waals surface area contributed by atoms with Gasteiger partial charge in [-0.1, -0.05) is 13.3 Å². The normalized spacial score (nSPS) is 15.6. The fourth-order valence-electron chi connectivity index (χ4n) is 3.12. The summed E-state index contributed by atoms with van der Waals surface area (Å²) in [5, 5.41) is 3.08. The first-order chi connectivity index (χ1) is 11.7. The van der Waals surface area contributed by atoms with Gasteiger partial charge < -0.3 is 15.2 Å². The number of rotatable bonds is 5. The minimum absolute atomic E-state index is 0.0438. The number of benzene rings is 1. The second-order valence-corrected chi connectivity index (χ2v) is 6.37. The fourth-order valence-corrected chi connectivity index (χ4v) is 3.12. The zero-order chi connectivity index (χ0) is 16.9. The number of unbranched alkanes of at least 4 members (excludes halogenated alkanes) is 1. The predicted molar refractivity (Wildman–Crippen MR) is 92.7 cm³/mol. The first-order valence-electron chi connectivity index (χ1n) is 8.69. The molecule has 0 aliphatic carbocycles. The predicted octanol–water partition coefficient (Wildman–Crippen LogP) is 2.47. The average Bonchev–Trinajstić information content (AvgIpc) is 3.07. The van der Waals surface area contributed by atoms with Crippen LogP contribution in [0.1, 0.15) is 49.4 Å². The van der Waals surface area contributed by atoms with Gasteiger partial charge in [0.1, 0.15) is 0 Å². The molecule has 0 spiro atoms. The Bertz CT molecular complexity index is 717. The molecule has 6 nitrogen and oxygen atoms in total. The lowest BCUT2D eigenvalue weighted by Crippen LogP contribution is -2.46. The minimum Gasteiger partial charge on any atom is -0.353 e. The van der Waals surface area contributed by atoms with Gasteiger partial charge in [-0.05, 0) is 37.5 Å². The number of amides is 2. The summed E-state index contributed by atoms with van der Waals surface area (Å²) >= 11 is 0. The van der Waals surface area contributed by atoms with Crippen LogP contribution in [-0.2, 0) is 4.79 Å². The van der Waals surface area contributed by atoms with Crippen LogP contribution in [0.5, 0.6) is 0 Å². The Hall–Kier alpha value is -2.37. The highest BCUT2D eigenvalue weighted by atomic mass is 16.2. The average molecular weight is 328 g/mol. The van der Waals surface area contributed by atoms with E-state index in [1.807, 2.05) is 23.1 Å². The zero-order valence-corrected chi connectivity index (χ0v) is 14.0. The summed E-state index contributed by atoms with van der Waals surface area (Å²) in [6, 6.07) is 5.72. The molecule has 6 heteroatoms. The van der Waals surface area contributed by atoms with Crippen LogP contribution in [0.15, 0.2) is 24.5 Å². The van der Waals surface area contributed by atoms with Crippen LogP contribution in [0.3, 0.4) is 0 Å². The number of aromatic amines is 1. The Morgan fingerprint density at radius 1 is 1.33 bits per heavy atom. The molecule has 128 valence electrons. The Morgan fingerprint density at radius 3 is 2.88 bits per heavy atom. The van der Waals surface area contributed by atoms with Crippen molar-refractivity contribution in [3.63, 3.8) is 0 Å². The van der Waals surface area contributed by atoms with Crippen molar-refractivity contribution in [3.05, 3.63) is 30.1 Å². The number of nitrogens with one attached hydrogen (secondary N) is 2. The van der Waals surface area contributed by atoms with Crippen molar-refractivity contribution in [2.45, 2.75) is 45.1 Å². The van der Waals surface area contributed by atoms with Crippen molar-refractivity contribution in [1.82, 2.24) is 20.2 Å². The Kier molecular flexibility index (Phi) is 5.13. The molecule has 0 atom stereocenters. The number of aromatic nitrogens is 2. The number of carbonyl (C=O) groups excluding carboxylic acids is 2. The second kappa shape index (κ2) is 7.47. The van der Waals surface area contributed by atoms with Gasteiger partial charge in [-0.3, -0.25) is 9.59 Å². The van der Waals surface area contributed by atoms with E-state index in [1.54, 1.807) is 6.33 Å². The van der Waals surface area contributed by atoms with Crippen LogP contribution in [0, 0.1) is 0 Å². The number of H-pyrrole nitrogens is 1. The van der Waals surface area contributed by atoms with Crippen molar-refractivity contribution in [2.24, 2.45) is 0 Å². The van der Waals surface area contributed by atoms with E-state index in [4.69, 9.17) is 0 Å². The Morgan fingerprint density at radius 2 is 2.12 bits per heavy atom. The van der Waals surface area contributed by atoms with Crippen molar-refractivity contribution in [1.29, 1.82) is 0 Å². The molecule has 1 saturated heterocycles. The smallest absolute Gasteiger partial charge is 0.253 e. The Labute approximate surface area is 141 Å². The summed E-state index contributed by atoms with van der Waals surface area (Å²) < 4.78 is 0. The summed E-state index contributed by atoms with van der Waals surface area (Å²) in [7, 11) is 0. The molecule has 1 aromatic carbocycles. The molecule has 2 N–H and O–H groups in total. The van der Waals surface area contributed by atoms with E-state index in [2.05, 4.69) is 22.2 Å². The minimum atomic E-state index is 0.0438. The van der Waals surface area contributed by atoms with Crippen LogP contribution in [-0.4, -0.2) is 45.8 Å². The van der Waals surface area contributed by atoms with E-state index < -0.39 is 0 Å². The van der Waals surface area contributed by atoms with Gasteiger partial charge in [-0.15, -0.1) is 0 Å². The van der Waals surface area contributed by atoms with Crippen molar-refractivity contribution < 1.29 is 9.59 Å². The van der Waals surface area contributed by atoms with Crippen LogP contribution < -0.4 is 5.32 Å². The van der Waals surface area contributed by atoms with Crippen LogP contribution in [0.2, 0.25) is 0 Å². The number of hydrogen-bond acceptors (Lipinski definition) is 3. The van der Waals surface area contributed by atoms with Gasteiger partial charge in [0.05, 0.1) is 17.4 Å². The third-order valence-electron chi connectivity index (χ3n) is 4.57. The summed E-state index contributed by atoms with van der Waals surface area (Å²) in [4.78, 5) is 33.5. The molecule has 0 unspecified atom stereocenters. The molecule has 24 heavy (non-hydrogen) atoms. The lowest BCUT2D eigenvalue weighted by Gasteiger charge is -2.32. The summed E-state index contributed by atoms with van der Waals surface area (Å²) in [6.07, 6.45) is 5.82. The molecule has 2 heterocycles. The summed E-state index contributed by atoms with van der Waals surface area (Å²) in [6.45, 7) is 3.44. The number of imidazole rings is 1. The molecule has 0 bridgehead atoms. The molecule has 1 fully saturated rings. The van der Waals surface area contributed by atoms with E-state index in [0.29, 0.717) is 25.1 Å². The van der Waals surface area contributed by atoms with E-state index in [9.17, 15) is 9.59 Å². The van der Waals surface area contributed by atoms with Crippen LogP contribution >= 0.6 is 0 Å². The van der Waals surface area contributed by atoms with Crippen LogP contribution in [0.4, 0.5) is 0 Å². The quantitative estimate of drug-likeness (QED) is 0.885. The lowest BCUT2D eigenvalue weighted by molar-refractivity contribution is -0.122. The van der Waals surface area contributed by atoms with Gasteiger partial charge in [0.15, 0.2) is 0 Å². The van der Waals surface area contributed by atoms with Gasteiger partial charge in [-0.2, -0.15) is 0 Å². The molecule has 0 saturated carbocycles. The van der Waals surface area contributed by atoms with Gasteiger partial charge >= 0.3 is 0 Å². The maximum Gasteiger partial charge on any atom is 0.253 e. The number of fused-ring (bicyclic) bond motifs is 1. The third kappa shape index (κ3) is 3.75. The van der Waals surface area contributed by atoms with E-state index in [0.717, 1.165) is 36.7 Å². The van der Waals surface area contributed by atoms with Crippen LogP contribution in [0.25, 0.3) is 11.0 Å². The SMILES string of the molecule is CCCCC(=O)NC1CCN(C(=O)c2ccc3nc[nH]c3c2)CC1. The summed E-state index contributed by atoms with van der Waals surface area (Å²) in [5.74, 6) is 0.175. The van der Waals surface area contributed by atoms with Gasteiger partial charge in [0.2, 0.25) is 5.91 Å². The summed E-state index contributed by atoms with van der Waals surface area (Å²) in [5.41, 5.74) is 2.41. The monoisotopic (exact) mass is 328 g/mol. The molecular weight excluding hydrogens is 304 g/mol. The van der Waals surface area contributed by atoms with E-state index >= 15 is 0 Å². The number of carbonyl (C=O) groups is 2. The number of hydrogen-bond donors (Lipinski definition) is 2. The maximum atomic E-state index is 12.6. The van der Waals surface area contributed by atoms with Gasteiger partial charge in [-0.25, -0.2) is 4.98 Å². The first kappa shape index (κ1) is 16.5. The van der Waals surface area contributed by atoms with Gasteiger partial charge in [0.25, 0.3) is 5.91 Å². The highest BCUT2D eigenvalue weighted by molar-refractivity contribution is 5.97. The molecule has 1 aromatic heterocycles. The van der Waals surface area contributed by atoms with Crippen molar-refractivity contribution in [2.75, 3.05) is 13.1 Å². The van der Waals surface area contributed by atoms with Crippen molar-refractivity contribution >= 4 is 22.8 Å². The molecular formula is C18H24N4O2.